The van der Waals surface area contributed by atoms with Crippen LogP contribution in [0.4, 0.5) is 0 Å². The number of guanidine groups is 1. The lowest BCUT2D eigenvalue weighted by molar-refractivity contribution is 0.0373. The van der Waals surface area contributed by atoms with Crippen molar-refractivity contribution in [2.45, 2.75) is 32.7 Å². The normalized spacial score (nSPS) is 17.2. The van der Waals surface area contributed by atoms with Crippen molar-refractivity contribution < 1.29 is 4.74 Å². The van der Waals surface area contributed by atoms with Crippen molar-refractivity contribution in [1.29, 1.82) is 0 Å². The molecule has 1 unspecified atom stereocenters. The zero-order valence-corrected chi connectivity index (χ0v) is 17.2. The van der Waals surface area contributed by atoms with E-state index >= 15 is 0 Å². The molecule has 1 fully saturated rings. The van der Waals surface area contributed by atoms with Crippen LogP contribution in [-0.4, -0.2) is 56.8 Å². The van der Waals surface area contributed by atoms with E-state index in [0.29, 0.717) is 10.0 Å². The summed E-state index contributed by atoms with van der Waals surface area (Å²) in [6.07, 6.45) is 2.23. The minimum absolute atomic E-state index is 0.0471. The van der Waals surface area contributed by atoms with Crippen molar-refractivity contribution in [3.8, 4) is 0 Å². The minimum Gasteiger partial charge on any atom is -0.379 e. The number of rotatable bonds is 8. The van der Waals surface area contributed by atoms with Crippen LogP contribution in [0.1, 0.15) is 38.3 Å². The van der Waals surface area contributed by atoms with E-state index in [9.17, 15) is 0 Å². The van der Waals surface area contributed by atoms with Crippen molar-refractivity contribution >= 4 is 29.2 Å². The number of halogens is 2. The second-order valence-corrected chi connectivity index (χ2v) is 7.30. The highest BCUT2D eigenvalue weighted by atomic mass is 35.5. The third kappa shape index (κ3) is 7.31. The van der Waals surface area contributed by atoms with Crippen molar-refractivity contribution in [3.63, 3.8) is 0 Å². The fourth-order valence-corrected chi connectivity index (χ4v) is 3.49. The number of morpholine rings is 1. The van der Waals surface area contributed by atoms with E-state index in [0.717, 1.165) is 70.3 Å². The Morgan fingerprint density at radius 1 is 1.27 bits per heavy atom. The summed E-state index contributed by atoms with van der Waals surface area (Å²) in [4.78, 5) is 7.15. The molecule has 5 nitrogen and oxygen atoms in total. The van der Waals surface area contributed by atoms with E-state index < -0.39 is 0 Å². The van der Waals surface area contributed by atoms with Gasteiger partial charge in [-0.25, -0.2) is 0 Å². The molecular weight excluding hydrogens is 371 g/mol. The summed E-state index contributed by atoms with van der Waals surface area (Å²) in [6, 6.07) is 5.63. The molecule has 1 aromatic rings. The van der Waals surface area contributed by atoms with Crippen LogP contribution in [0.3, 0.4) is 0 Å². The molecule has 0 aromatic heterocycles. The Morgan fingerprint density at radius 2 is 2.04 bits per heavy atom. The summed E-state index contributed by atoms with van der Waals surface area (Å²) < 4.78 is 5.38. The molecule has 1 saturated heterocycles. The fourth-order valence-electron chi connectivity index (χ4n) is 2.92. The number of hydrogen-bond donors (Lipinski definition) is 2. The van der Waals surface area contributed by atoms with Crippen LogP contribution in [0, 0.1) is 0 Å². The lowest BCUT2D eigenvalue weighted by Crippen LogP contribution is -2.39. The Kier molecular flexibility index (Phi) is 9.54. The van der Waals surface area contributed by atoms with Gasteiger partial charge in [0.2, 0.25) is 0 Å². The van der Waals surface area contributed by atoms with Crippen LogP contribution in [-0.2, 0) is 4.74 Å². The van der Waals surface area contributed by atoms with Gasteiger partial charge in [-0.15, -0.1) is 0 Å². The van der Waals surface area contributed by atoms with Crippen LogP contribution in [0.15, 0.2) is 23.2 Å². The number of aliphatic imine (C=N–C) groups is 1. The van der Waals surface area contributed by atoms with Crippen LogP contribution >= 0.6 is 23.2 Å². The van der Waals surface area contributed by atoms with Gasteiger partial charge in [-0.05, 0) is 50.9 Å². The maximum absolute atomic E-state index is 6.31. The van der Waals surface area contributed by atoms with E-state index in [1.165, 1.54) is 0 Å². The van der Waals surface area contributed by atoms with E-state index in [1.807, 2.05) is 12.1 Å². The second kappa shape index (κ2) is 11.7. The Labute approximate surface area is 167 Å². The van der Waals surface area contributed by atoms with Gasteiger partial charge >= 0.3 is 0 Å². The molecule has 0 spiro atoms. The van der Waals surface area contributed by atoms with Crippen LogP contribution in [0.25, 0.3) is 0 Å². The van der Waals surface area contributed by atoms with Crippen molar-refractivity contribution in [3.05, 3.63) is 33.8 Å². The molecule has 0 bridgehead atoms. The predicted molar refractivity (Wildman–Crippen MR) is 110 cm³/mol. The van der Waals surface area contributed by atoms with Gasteiger partial charge in [-0.2, -0.15) is 0 Å². The molecule has 0 aliphatic carbocycles. The van der Waals surface area contributed by atoms with Gasteiger partial charge in [0, 0.05) is 36.2 Å². The second-order valence-electron chi connectivity index (χ2n) is 6.45. The van der Waals surface area contributed by atoms with E-state index in [-0.39, 0.29) is 6.04 Å². The van der Waals surface area contributed by atoms with Crippen LogP contribution < -0.4 is 10.6 Å². The first kappa shape index (κ1) is 21.3. The number of nitrogens with one attached hydrogen (secondary N) is 2. The molecule has 0 saturated carbocycles. The summed E-state index contributed by atoms with van der Waals surface area (Å²) in [5, 5.41) is 8.03. The molecule has 1 aliphatic heterocycles. The van der Waals surface area contributed by atoms with Gasteiger partial charge in [-0.3, -0.25) is 9.89 Å². The lowest BCUT2D eigenvalue weighted by Gasteiger charge is -2.26. The predicted octanol–water partition coefficient (Wildman–Crippen LogP) is 3.72. The highest BCUT2D eigenvalue weighted by molar-refractivity contribution is 6.35. The molecule has 1 aliphatic rings. The van der Waals surface area contributed by atoms with Gasteiger partial charge in [0.05, 0.1) is 19.3 Å². The standard InChI is InChI=1S/C19H30Cl2N4O/c1-3-22-19(23-8-4-5-9-25-10-12-26-13-11-25)24-15(2)17-7-6-16(20)14-18(17)21/h6-7,14-15H,3-5,8-13H2,1-2H3,(H2,22,23,24). The smallest absolute Gasteiger partial charge is 0.191 e. The Balaban J connectivity index is 1.79. The highest BCUT2D eigenvalue weighted by Gasteiger charge is 2.12. The highest BCUT2D eigenvalue weighted by Crippen LogP contribution is 2.25. The third-order valence-corrected chi connectivity index (χ3v) is 4.94. The van der Waals surface area contributed by atoms with Crippen molar-refractivity contribution in [2.75, 3.05) is 45.9 Å². The topological polar surface area (TPSA) is 48.9 Å². The molecule has 0 radical (unpaired) electrons. The van der Waals surface area contributed by atoms with Crippen molar-refractivity contribution in [2.24, 2.45) is 4.99 Å². The SMILES string of the molecule is CCNC(=NCCCCN1CCOCC1)NC(C)c1ccc(Cl)cc1Cl. The molecule has 26 heavy (non-hydrogen) atoms. The first-order valence-corrected chi connectivity index (χ1v) is 10.2. The van der Waals surface area contributed by atoms with Gasteiger partial charge in [0.15, 0.2) is 5.96 Å². The number of benzene rings is 1. The number of ether oxygens (including phenoxy) is 1. The average molecular weight is 401 g/mol. The third-order valence-electron chi connectivity index (χ3n) is 4.38. The monoisotopic (exact) mass is 400 g/mol. The van der Waals surface area contributed by atoms with E-state index in [4.69, 9.17) is 32.9 Å². The molecule has 7 heteroatoms. The van der Waals surface area contributed by atoms with Gasteiger partial charge in [-0.1, -0.05) is 29.3 Å². The first-order valence-electron chi connectivity index (χ1n) is 9.40. The maximum Gasteiger partial charge on any atom is 0.191 e. The maximum atomic E-state index is 6.31. The minimum atomic E-state index is 0.0471. The fraction of sp³-hybridized carbons (Fsp3) is 0.632. The molecule has 1 heterocycles. The Hall–Kier alpha value is -1.01. The number of nitrogens with zero attached hydrogens (tertiary/aromatic N) is 2. The summed E-state index contributed by atoms with van der Waals surface area (Å²) in [5.41, 5.74) is 1.01. The molecular formula is C19H30Cl2N4O. The largest absolute Gasteiger partial charge is 0.379 e. The molecule has 1 aromatic carbocycles. The molecule has 2 rings (SSSR count). The Morgan fingerprint density at radius 3 is 2.73 bits per heavy atom. The summed E-state index contributed by atoms with van der Waals surface area (Å²) >= 11 is 12.3. The average Bonchev–Trinajstić information content (AvgIpc) is 2.62. The summed E-state index contributed by atoms with van der Waals surface area (Å²) in [6.45, 7) is 10.7. The first-order chi connectivity index (χ1) is 12.6. The number of hydrogen-bond acceptors (Lipinski definition) is 3. The van der Waals surface area contributed by atoms with E-state index in [2.05, 4.69) is 29.4 Å². The van der Waals surface area contributed by atoms with Gasteiger partial charge < -0.3 is 15.4 Å². The van der Waals surface area contributed by atoms with Crippen LogP contribution in [0.2, 0.25) is 10.0 Å². The molecule has 2 N–H and O–H groups in total. The quantitative estimate of drug-likeness (QED) is 0.396. The lowest BCUT2D eigenvalue weighted by atomic mass is 10.1. The summed E-state index contributed by atoms with van der Waals surface area (Å²) in [5.74, 6) is 0.817. The molecule has 146 valence electrons. The van der Waals surface area contributed by atoms with E-state index in [1.54, 1.807) is 6.07 Å². The zero-order chi connectivity index (χ0) is 18.8. The molecule has 1 atom stereocenters. The van der Waals surface area contributed by atoms with Crippen LogP contribution in [0.5, 0.6) is 0 Å². The summed E-state index contributed by atoms with van der Waals surface area (Å²) in [7, 11) is 0. The van der Waals surface area contributed by atoms with Gasteiger partial charge in [0.1, 0.15) is 0 Å². The molecule has 0 amide bonds. The zero-order valence-electron chi connectivity index (χ0n) is 15.7. The van der Waals surface area contributed by atoms with Gasteiger partial charge in [0.25, 0.3) is 0 Å². The Bertz CT molecular complexity index is 577. The van der Waals surface area contributed by atoms with Crippen molar-refractivity contribution in [1.82, 2.24) is 15.5 Å². The number of unbranched alkanes of at least 4 members (excludes halogenated alkanes) is 1.